The van der Waals surface area contributed by atoms with Crippen molar-refractivity contribution in [2.75, 3.05) is 17.2 Å². The van der Waals surface area contributed by atoms with E-state index in [0.29, 0.717) is 22.8 Å². The number of benzene rings is 2. The van der Waals surface area contributed by atoms with Crippen molar-refractivity contribution in [2.45, 2.75) is 31.1 Å². The lowest BCUT2D eigenvalue weighted by Crippen LogP contribution is -2.22. The van der Waals surface area contributed by atoms with Crippen molar-refractivity contribution in [3.05, 3.63) is 53.1 Å². The molecule has 1 amide bonds. The second-order valence-corrected chi connectivity index (χ2v) is 8.66. The topological polar surface area (TPSA) is 114 Å². The van der Waals surface area contributed by atoms with Gasteiger partial charge in [-0.3, -0.25) is 9.59 Å². The minimum atomic E-state index is -3.75. The number of sulfonamides is 1. The number of para-hydroxylation sites is 1. The smallest absolute Gasteiger partial charge is 0.306 e. The van der Waals surface area contributed by atoms with Crippen LogP contribution < -0.4 is 10.6 Å². The van der Waals surface area contributed by atoms with Crippen LogP contribution in [0.4, 0.5) is 11.4 Å². The zero-order valence-corrected chi connectivity index (χ0v) is 17.7. The van der Waals surface area contributed by atoms with Gasteiger partial charge in [0.25, 0.3) is 15.9 Å². The Kier molecular flexibility index (Phi) is 6.73. The fourth-order valence-electron chi connectivity index (χ4n) is 2.81. The van der Waals surface area contributed by atoms with E-state index in [0.717, 1.165) is 5.56 Å². The summed E-state index contributed by atoms with van der Waals surface area (Å²) < 4.78 is 33.1. The number of ether oxygens (including phenoxy) is 1. The van der Waals surface area contributed by atoms with Gasteiger partial charge in [-0.05, 0) is 43.2 Å². The molecular weight excluding hydrogens is 430 g/mol. The lowest BCUT2D eigenvalue weighted by atomic mass is 10.2. The van der Waals surface area contributed by atoms with Crippen LogP contribution in [0.15, 0.2) is 51.8 Å². The van der Waals surface area contributed by atoms with Crippen molar-refractivity contribution in [3.63, 3.8) is 0 Å². The van der Waals surface area contributed by atoms with E-state index in [2.05, 4.69) is 15.0 Å². The third kappa shape index (κ3) is 5.58. The van der Waals surface area contributed by atoms with Crippen molar-refractivity contribution in [2.24, 2.45) is 4.40 Å². The molecule has 2 aromatic carbocycles. The van der Waals surface area contributed by atoms with Crippen LogP contribution in [0.5, 0.6) is 0 Å². The predicted octanol–water partition coefficient (Wildman–Crippen LogP) is 3.51. The number of nitrogens with zero attached hydrogens (tertiary/aromatic N) is 1. The van der Waals surface area contributed by atoms with E-state index in [1.165, 1.54) is 6.07 Å². The molecule has 0 aliphatic carbocycles. The maximum Gasteiger partial charge on any atom is 0.306 e. The van der Waals surface area contributed by atoms with Crippen LogP contribution in [0.2, 0.25) is 5.02 Å². The number of fused-ring (bicyclic) bond motifs is 1. The summed E-state index contributed by atoms with van der Waals surface area (Å²) in [5, 5.41) is 6.08. The quantitative estimate of drug-likeness (QED) is 0.625. The summed E-state index contributed by atoms with van der Waals surface area (Å²) in [5.41, 5.74) is 1.83. The number of carbonyl (C=O) groups is 2. The molecule has 2 aromatic rings. The van der Waals surface area contributed by atoms with E-state index in [-0.39, 0.29) is 23.6 Å². The molecule has 1 aliphatic rings. The predicted molar refractivity (Wildman–Crippen MR) is 114 cm³/mol. The molecule has 10 heteroatoms. The van der Waals surface area contributed by atoms with Crippen molar-refractivity contribution >= 4 is 50.7 Å². The molecule has 158 valence electrons. The van der Waals surface area contributed by atoms with E-state index in [1.807, 2.05) is 6.92 Å². The summed E-state index contributed by atoms with van der Waals surface area (Å²) in [7, 11) is -3.75. The number of amidine groups is 1. The summed E-state index contributed by atoms with van der Waals surface area (Å²) in [6.45, 7) is 1.39. The first kappa shape index (κ1) is 21.8. The Morgan fingerprint density at radius 2 is 1.97 bits per heavy atom. The zero-order valence-electron chi connectivity index (χ0n) is 16.1. The lowest BCUT2D eigenvalue weighted by Gasteiger charge is -2.17. The minimum absolute atomic E-state index is 0.0197. The molecule has 0 bridgehead atoms. The van der Waals surface area contributed by atoms with Gasteiger partial charge in [0.05, 0.1) is 5.69 Å². The second-order valence-electron chi connectivity index (χ2n) is 6.66. The molecule has 0 atom stereocenters. The highest BCUT2D eigenvalue weighted by Gasteiger charge is 2.24. The standard InChI is InChI=1S/C20H20ClN3O5S/c1-13-9-10-14(21)11-16(13)23-19(25)12-29-20(26)8-4-7-18-22-15-5-2-3-6-17(15)30(27,28)24-18/h2-3,5-6,9-11H,4,7-8,12H2,1H3,(H,22,24)(H,23,25). The van der Waals surface area contributed by atoms with Gasteiger partial charge in [-0.25, -0.2) is 0 Å². The maximum absolute atomic E-state index is 12.2. The zero-order chi connectivity index (χ0) is 21.7. The SMILES string of the molecule is Cc1ccc(Cl)cc1NC(=O)COC(=O)CCCC1=NS(=O)(=O)c2ccccc2N1. The van der Waals surface area contributed by atoms with Gasteiger partial charge >= 0.3 is 5.97 Å². The first-order valence-electron chi connectivity index (χ1n) is 9.16. The molecule has 0 radical (unpaired) electrons. The van der Waals surface area contributed by atoms with E-state index in [4.69, 9.17) is 16.3 Å². The van der Waals surface area contributed by atoms with Gasteiger partial charge in [0, 0.05) is 23.6 Å². The first-order chi connectivity index (χ1) is 14.2. The molecule has 0 aromatic heterocycles. The third-order valence-electron chi connectivity index (χ3n) is 4.31. The third-order valence-corrected chi connectivity index (χ3v) is 5.91. The first-order valence-corrected chi connectivity index (χ1v) is 11.0. The van der Waals surface area contributed by atoms with Crippen molar-refractivity contribution in [1.82, 2.24) is 0 Å². The van der Waals surface area contributed by atoms with Crippen LogP contribution in [0.3, 0.4) is 0 Å². The molecule has 0 fully saturated rings. The molecule has 30 heavy (non-hydrogen) atoms. The summed E-state index contributed by atoms with van der Waals surface area (Å²) in [6.07, 6.45) is 0.583. The number of hydrogen-bond acceptors (Lipinski definition) is 6. The van der Waals surface area contributed by atoms with Gasteiger partial charge in [0.2, 0.25) is 0 Å². The van der Waals surface area contributed by atoms with Gasteiger partial charge < -0.3 is 15.4 Å². The number of hydrogen-bond donors (Lipinski definition) is 2. The summed E-state index contributed by atoms with van der Waals surface area (Å²) in [6, 6.07) is 11.6. The van der Waals surface area contributed by atoms with Crippen LogP contribution in [-0.4, -0.2) is 32.7 Å². The van der Waals surface area contributed by atoms with Crippen LogP contribution in [0, 0.1) is 6.92 Å². The van der Waals surface area contributed by atoms with E-state index in [1.54, 1.807) is 36.4 Å². The second kappa shape index (κ2) is 9.27. The molecular formula is C20H20ClN3O5S. The lowest BCUT2D eigenvalue weighted by molar-refractivity contribution is -0.147. The number of halogens is 1. The summed E-state index contributed by atoms with van der Waals surface area (Å²) >= 11 is 5.91. The van der Waals surface area contributed by atoms with E-state index >= 15 is 0 Å². The average Bonchev–Trinajstić information content (AvgIpc) is 2.69. The molecule has 1 heterocycles. The van der Waals surface area contributed by atoms with Crippen LogP contribution in [0.1, 0.15) is 24.8 Å². The van der Waals surface area contributed by atoms with Crippen LogP contribution in [-0.2, 0) is 24.3 Å². The molecule has 1 aliphatic heterocycles. The fraction of sp³-hybridized carbons (Fsp3) is 0.250. The number of aryl methyl sites for hydroxylation is 1. The van der Waals surface area contributed by atoms with Crippen molar-refractivity contribution in [1.29, 1.82) is 0 Å². The molecule has 0 spiro atoms. The largest absolute Gasteiger partial charge is 0.456 e. The number of amides is 1. The van der Waals surface area contributed by atoms with Crippen molar-refractivity contribution < 1.29 is 22.7 Å². The number of nitrogens with one attached hydrogen (secondary N) is 2. The minimum Gasteiger partial charge on any atom is -0.456 e. The average molecular weight is 450 g/mol. The van der Waals surface area contributed by atoms with Gasteiger partial charge in [-0.1, -0.05) is 29.8 Å². The molecule has 3 rings (SSSR count). The van der Waals surface area contributed by atoms with E-state index < -0.39 is 28.5 Å². The van der Waals surface area contributed by atoms with Crippen molar-refractivity contribution in [3.8, 4) is 0 Å². The highest BCUT2D eigenvalue weighted by molar-refractivity contribution is 7.90. The Balaban J connectivity index is 1.44. The Bertz CT molecular complexity index is 1120. The van der Waals surface area contributed by atoms with Gasteiger partial charge in [0.15, 0.2) is 6.61 Å². The number of esters is 1. The highest BCUT2D eigenvalue weighted by atomic mass is 35.5. The number of anilines is 2. The Labute approximate surface area is 179 Å². The molecule has 0 unspecified atom stereocenters. The Morgan fingerprint density at radius 3 is 2.77 bits per heavy atom. The number of rotatable bonds is 7. The Hall–Kier alpha value is -2.91. The fourth-order valence-corrected chi connectivity index (χ4v) is 4.15. The van der Waals surface area contributed by atoms with Crippen LogP contribution in [0.25, 0.3) is 0 Å². The normalized spacial score (nSPS) is 14.1. The number of carbonyl (C=O) groups excluding carboxylic acids is 2. The van der Waals surface area contributed by atoms with Gasteiger partial charge in [-0.2, -0.15) is 8.42 Å². The molecule has 0 saturated carbocycles. The highest BCUT2D eigenvalue weighted by Crippen LogP contribution is 2.27. The van der Waals surface area contributed by atoms with Crippen LogP contribution >= 0.6 is 11.6 Å². The van der Waals surface area contributed by atoms with Gasteiger partial charge in [0.1, 0.15) is 10.7 Å². The summed E-state index contributed by atoms with van der Waals surface area (Å²) in [5.74, 6) is -0.780. The maximum atomic E-state index is 12.2. The molecule has 8 nitrogen and oxygen atoms in total. The Morgan fingerprint density at radius 1 is 1.20 bits per heavy atom. The van der Waals surface area contributed by atoms with Gasteiger partial charge in [-0.15, -0.1) is 4.40 Å². The van der Waals surface area contributed by atoms with E-state index in [9.17, 15) is 18.0 Å². The summed E-state index contributed by atoms with van der Waals surface area (Å²) in [4.78, 5) is 24.0. The monoisotopic (exact) mass is 449 g/mol. The molecule has 2 N–H and O–H groups in total. The molecule has 0 saturated heterocycles.